The Kier molecular flexibility index (Phi) is 8.88. The van der Waals surface area contributed by atoms with E-state index in [1.54, 1.807) is 24.3 Å². The van der Waals surface area contributed by atoms with Gasteiger partial charge in [0, 0.05) is 6.54 Å². The lowest BCUT2D eigenvalue weighted by atomic mass is 10.1. The molecule has 0 atom stereocenters. The second kappa shape index (κ2) is 11.6. The molecule has 0 aromatic heterocycles. The number of hydrogen-bond acceptors (Lipinski definition) is 7. The zero-order chi connectivity index (χ0) is 23.7. The Morgan fingerprint density at radius 1 is 0.938 bits per heavy atom. The molecule has 0 spiro atoms. The van der Waals surface area contributed by atoms with Crippen molar-refractivity contribution in [1.82, 2.24) is 5.32 Å². The normalized spacial score (nSPS) is 10.3. The molecule has 2 aromatic rings. The SMILES string of the molecule is COc1cc(C(=O)OCC(=O)Nc2ccccc2C(=O)NCC(C)C)cc(OC)c1OC. The summed E-state index contributed by atoms with van der Waals surface area (Å²) >= 11 is 0. The van der Waals surface area contributed by atoms with Gasteiger partial charge in [-0.25, -0.2) is 4.79 Å². The third kappa shape index (κ3) is 6.37. The van der Waals surface area contributed by atoms with Crippen molar-refractivity contribution in [2.75, 3.05) is 39.8 Å². The molecule has 9 nitrogen and oxygen atoms in total. The molecule has 0 saturated carbocycles. The Balaban J connectivity index is 2.05. The summed E-state index contributed by atoms with van der Waals surface area (Å²) in [5.74, 6) is -0.456. The largest absolute Gasteiger partial charge is 0.493 e. The molecule has 0 fully saturated rings. The highest BCUT2D eigenvalue weighted by molar-refractivity contribution is 6.04. The second-order valence-electron chi connectivity index (χ2n) is 7.19. The fraction of sp³-hybridized carbons (Fsp3) is 0.348. The van der Waals surface area contributed by atoms with Crippen LogP contribution in [0.2, 0.25) is 0 Å². The summed E-state index contributed by atoms with van der Waals surface area (Å²) in [7, 11) is 4.30. The summed E-state index contributed by atoms with van der Waals surface area (Å²) < 4.78 is 20.8. The zero-order valence-corrected chi connectivity index (χ0v) is 18.8. The number of carbonyl (C=O) groups is 3. The number of rotatable bonds is 10. The average molecular weight is 444 g/mol. The van der Waals surface area contributed by atoms with Crippen LogP contribution in [0, 0.1) is 5.92 Å². The first-order chi connectivity index (χ1) is 15.3. The minimum Gasteiger partial charge on any atom is -0.493 e. The summed E-state index contributed by atoms with van der Waals surface area (Å²) in [6.07, 6.45) is 0. The van der Waals surface area contributed by atoms with Gasteiger partial charge in [-0.1, -0.05) is 26.0 Å². The van der Waals surface area contributed by atoms with Gasteiger partial charge in [-0.05, 0) is 30.2 Å². The van der Waals surface area contributed by atoms with E-state index in [1.807, 2.05) is 13.8 Å². The van der Waals surface area contributed by atoms with Gasteiger partial charge in [0.1, 0.15) is 0 Å². The summed E-state index contributed by atoms with van der Waals surface area (Å²) in [6, 6.07) is 9.45. The van der Waals surface area contributed by atoms with Gasteiger partial charge in [-0.15, -0.1) is 0 Å². The number of hydrogen-bond donors (Lipinski definition) is 2. The van der Waals surface area contributed by atoms with Crippen LogP contribution in [0.1, 0.15) is 34.6 Å². The first-order valence-corrected chi connectivity index (χ1v) is 9.94. The van der Waals surface area contributed by atoms with Gasteiger partial charge in [-0.3, -0.25) is 9.59 Å². The van der Waals surface area contributed by atoms with Crippen molar-refractivity contribution in [2.24, 2.45) is 5.92 Å². The van der Waals surface area contributed by atoms with Crippen LogP contribution in [0.25, 0.3) is 0 Å². The lowest BCUT2D eigenvalue weighted by Gasteiger charge is -2.14. The van der Waals surface area contributed by atoms with E-state index in [0.29, 0.717) is 23.5 Å². The number of amides is 2. The molecule has 0 radical (unpaired) electrons. The van der Waals surface area contributed by atoms with Crippen LogP contribution in [0.5, 0.6) is 17.2 Å². The minimum absolute atomic E-state index is 0.126. The topological polar surface area (TPSA) is 112 Å². The van der Waals surface area contributed by atoms with Crippen molar-refractivity contribution in [2.45, 2.75) is 13.8 Å². The highest BCUT2D eigenvalue weighted by atomic mass is 16.5. The maximum Gasteiger partial charge on any atom is 0.338 e. The van der Waals surface area contributed by atoms with Crippen LogP contribution in [-0.2, 0) is 9.53 Å². The van der Waals surface area contributed by atoms with Gasteiger partial charge >= 0.3 is 5.97 Å². The summed E-state index contributed by atoms with van der Waals surface area (Å²) in [5.41, 5.74) is 0.765. The molecule has 0 saturated heterocycles. The molecule has 2 aromatic carbocycles. The van der Waals surface area contributed by atoms with Crippen LogP contribution in [0.15, 0.2) is 36.4 Å². The number of anilines is 1. The smallest absolute Gasteiger partial charge is 0.338 e. The first-order valence-electron chi connectivity index (χ1n) is 9.94. The van der Waals surface area contributed by atoms with Crippen molar-refractivity contribution in [3.8, 4) is 17.2 Å². The highest BCUT2D eigenvalue weighted by Crippen LogP contribution is 2.38. The lowest BCUT2D eigenvalue weighted by molar-refractivity contribution is -0.119. The van der Waals surface area contributed by atoms with Crippen LogP contribution in [-0.4, -0.2) is 52.3 Å². The highest BCUT2D eigenvalue weighted by Gasteiger charge is 2.19. The Morgan fingerprint density at radius 2 is 1.56 bits per heavy atom. The van der Waals surface area contributed by atoms with E-state index in [2.05, 4.69) is 10.6 Å². The second-order valence-corrected chi connectivity index (χ2v) is 7.19. The number of nitrogens with one attached hydrogen (secondary N) is 2. The number of para-hydroxylation sites is 1. The molecule has 0 bridgehead atoms. The lowest BCUT2D eigenvalue weighted by Crippen LogP contribution is -2.29. The van der Waals surface area contributed by atoms with Gasteiger partial charge in [0.2, 0.25) is 5.75 Å². The summed E-state index contributed by atoms with van der Waals surface area (Å²) in [5, 5.41) is 5.41. The Labute approximate surface area is 187 Å². The van der Waals surface area contributed by atoms with Crippen molar-refractivity contribution < 1.29 is 33.3 Å². The quantitative estimate of drug-likeness (QED) is 0.542. The fourth-order valence-electron chi connectivity index (χ4n) is 2.78. The van der Waals surface area contributed by atoms with E-state index in [1.165, 1.54) is 33.5 Å². The molecular formula is C23H28N2O7. The van der Waals surface area contributed by atoms with Gasteiger partial charge in [0.15, 0.2) is 18.1 Å². The maximum atomic E-state index is 12.4. The van der Waals surface area contributed by atoms with Gasteiger partial charge in [0.25, 0.3) is 11.8 Å². The summed E-state index contributed by atoms with van der Waals surface area (Å²) in [6.45, 7) is 3.93. The first kappa shape index (κ1) is 24.5. The predicted molar refractivity (Wildman–Crippen MR) is 119 cm³/mol. The average Bonchev–Trinajstić information content (AvgIpc) is 2.80. The maximum absolute atomic E-state index is 12.4. The standard InChI is InChI=1S/C23H28N2O7/c1-14(2)12-24-22(27)16-8-6-7-9-17(16)25-20(26)13-32-23(28)15-10-18(29-3)21(31-5)19(11-15)30-4/h6-11,14H,12-13H2,1-5H3,(H,24,27)(H,25,26). The van der Waals surface area contributed by atoms with E-state index in [4.69, 9.17) is 18.9 Å². The Morgan fingerprint density at radius 3 is 2.12 bits per heavy atom. The van der Waals surface area contributed by atoms with Gasteiger partial charge in [-0.2, -0.15) is 0 Å². The van der Waals surface area contributed by atoms with Crippen LogP contribution in [0.3, 0.4) is 0 Å². The molecule has 2 amide bonds. The molecule has 2 N–H and O–H groups in total. The van der Waals surface area contributed by atoms with Crippen LogP contribution in [0.4, 0.5) is 5.69 Å². The molecule has 0 aliphatic carbocycles. The molecule has 0 aliphatic rings. The van der Waals surface area contributed by atoms with Crippen LogP contribution < -0.4 is 24.8 Å². The Hall–Kier alpha value is -3.75. The van der Waals surface area contributed by atoms with Gasteiger partial charge in [0.05, 0.1) is 38.1 Å². The third-order valence-electron chi connectivity index (χ3n) is 4.35. The number of esters is 1. The molecule has 0 unspecified atom stereocenters. The van der Waals surface area contributed by atoms with E-state index < -0.39 is 18.5 Å². The molecule has 0 aliphatic heterocycles. The van der Waals surface area contributed by atoms with Crippen molar-refractivity contribution in [1.29, 1.82) is 0 Å². The van der Waals surface area contributed by atoms with Crippen molar-refractivity contribution in [3.05, 3.63) is 47.5 Å². The molecule has 9 heteroatoms. The fourth-order valence-corrected chi connectivity index (χ4v) is 2.78. The number of benzene rings is 2. The van der Waals surface area contributed by atoms with E-state index >= 15 is 0 Å². The predicted octanol–water partition coefficient (Wildman–Crippen LogP) is 2.89. The molecule has 2 rings (SSSR count). The monoisotopic (exact) mass is 444 g/mol. The summed E-state index contributed by atoms with van der Waals surface area (Å²) in [4.78, 5) is 37.2. The molecule has 172 valence electrons. The third-order valence-corrected chi connectivity index (χ3v) is 4.35. The zero-order valence-electron chi connectivity index (χ0n) is 18.8. The van der Waals surface area contributed by atoms with Gasteiger partial charge < -0.3 is 29.6 Å². The number of carbonyl (C=O) groups excluding carboxylic acids is 3. The van der Waals surface area contributed by atoms with E-state index in [-0.39, 0.29) is 28.9 Å². The number of ether oxygens (including phenoxy) is 4. The van der Waals surface area contributed by atoms with Crippen LogP contribution >= 0.6 is 0 Å². The van der Waals surface area contributed by atoms with Crippen molar-refractivity contribution in [3.63, 3.8) is 0 Å². The minimum atomic E-state index is -0.748. The van der Waals surface area contributed by atoms with E-state index in [9.17, 15) is 14.4 Å². The molecular weight excluding hydrogens is 416 g/mol. The molecule has 0 heterocycles. The van der Waals surface area contributed by atoms with Crippen molar-refractivity contribution >= 4 is 23.5 Å². The molecule has 32 heavy (non-hydrogen) atoms. The van der Waals surface area contributed by atoms with E-state index in [0.717, 1.165) is 0 Å². The Bertz CT molecular complexity index is 948. The number of methoxy groups -OCH3 is 3.